The summed E-state index contributed by atoms with van der Waals surface area (Å²) in [6.07, 6.45) is 0.836. The van der Waals surface area contributed by atoms with Crippen molar-refractivity contribution in [3.05, 3.63) is 35.1 Å². The van der Waals surface area contributed by atoms with Crippen molar-refractivity contribution in [3.63, 3.8) is 0 Å². The zero-order chi connectivity index (χ0) is 14.3. The topological polar surface area (TPSA) is 52.6 Å². The number of aliphatic hydroxyl groups is 1. The molecule has 0 fully saturated rings. The molecule has 19 heavy (non-hydrogen) atoms. The number of nitrogens with zero attached hydrogens (tertiary/aromatic N) is 1. The summed E-state index contributed by atoms with van der Waals surface area (Å²) in [4.78, 5) is 13.4. The van der Waals surface area contributed by atoms with E-state index in [1.54, 1.807) is 24.0 Å². The molecule has 0 bridgehead atoms. The van der Waals surface area contributed by atoms with E-state index < -0.39 is 0 Å². The van der Waals surface area contributed by atoms with Crippen LogP contribution in [0.4, 0.5) is 9.18 Å². The number of aliphatic hydroxyl groups excluding tert-OH is 1. The molecule has 1 aromatic rings. The summed E-state index contributed by atoms with van der Waals surface area (Å²) in [7, 11) is 0. The smallest absolute Gasteiger partial charge is 0.317 e. The molecule has 0 unspecified atom stereocenters. The quantitative estimate of drug-likeness (QED) is 0.829. The fraction of sp³-hybridized carbons (Fsp3) is 0.500. The van der Waals surface area contributed by atoms with E-state index in [1.807, 2.05) is 6.92 Å². The summed E-state index contributed by atoms with van der Waals surface area (Å²) in [6.45, 7) is 4.89. The Kier molecular flexibility index (Phi) is 6.29. The molecule has 0 radical (unpaired) electrons. The van der Waals surface area contributed by atoms with Crippen molar-refractivity contribution < 1.29 is 14.3 Å². The van der Waals surface area contributed by atoms with Crippen LogP contribution in [0.5, 0.6) is 0 Å². The Labute approximate surface area is 113 Å². The standard InChI is InChI=1S/C14H21FN2O2/c1-3-6-17(7-8-18)14(19)16-10-12-4-5-13(15)11(2)9-12/h4-5,9,18H,3,6-8,10H2,1-2H3,(H,16,19). The lowest BCUT2D eigenvalue weighted by Gasteiger charge is -2.21. The summed E-state index contributed by atoms with van der Waals surface area (Å²) in [5, 5.41) is 11.7. The molecular formula is C14H21FN2O2. The molecule has 0 saturated carbocycles. The second-order valence-corrected chi connectivity index (χ2v) is 4.45. The van der Waals surface area contributed by atoms with Gasteiger partial charge in [0.2, 0.25) is 0 Å². The zero-order valence-corrected chi connectivity index (χ0v) is 11.4. The molecule has 0 aliphatic carbocycles. The normalized spacial score (nSPS) is 10.3. The monoisotopic (exact) mass is 268 g/mol. The molecule has 2 amide bonds. The van der Waals surface area contributed by atoms with E-state index in [4.69, 9.17) is 5.11 Å². The number of urea groups is 1. The number of nitrogens with one attached hydrogen (secondary N) is 1. The first-order valence-corrected chi connectivity index (χ1v) is 6.47. The molecule has 0 heterocycles. The van der Waals surface area contributed by atoms with Gasteiger partial charge in [-0.05, 0) is 30.5 Å². The van der Waals surface area contributed by atoms with Gasteiger partial charge in [-0.15, -0.1) is 0 Å². The van der Waals surface area contributed by atoms with Crippen LogP contribution in [0, 0.1) is 12.7 Å². The van der Waals surface area contributed by atoms with E-state index in [0.717, 1.165) is 12.0 Å². The van der Waals surface area contributed by atoms with Crippen LogP contribution in [0.3, 0.4) is 0 Å². The highest BCUT2D eigenvalue weighted by atomic mass is 19.1. The Hall–Kier alpha value is -1.62. The maximum Gasteiger partial charge on any atom is 0.317 e. The van der Waals surface area contributed by atoms with Crippen LogP contribution in [0.15, 0.2) is 18.2 Å². The Morgan fingerprint density at radius 1 is 1.42 bits per heavy atom. The number of amides is 2. The van der Waals surface area contributed by atoms with E-state index in [9.17, 15) is 9.18 Å². The Balaban J connectivity index is 2.54. The van der Waals surface area contributed by atoms with Crippen molar-refractivity contribution in [3.8, 4) is 0 Å². The maximum absolute atomic E-state index is 13.1. The number of aryl methyl sites for hydroxylation is 1. The molecule has 106 valence electrons. The Morgan fingerprint density at radius 3 is 2.74 bits per heavy atom. The highest BCUT2D eigenvalue weighted by Crippen LogP contribution is 2.09. The number of carbonyl (C=O) groups excluding carboxylic acids is 1. The lowest BCUT2D eigenvalue weighted by atomic mass is 10.1. The number of carbonyl (C=O) groups is 1. The van der Waals surface area contributed by atoms with Crippen LogP contribution >= 0.6 is 0 Å². The van der Waals surface area contributed by atoms with Crippen molar-refractivity contribution in [1.29, 1.82) is 0 Å². The SMILES string of the molecule is CCCN(CCO)C(=O)NCc1ccc(F)c(C)c1. The van der Waals surface area contributed by atoms with Crippen LogP contribution < -0.4 is 5.32 Å². The fourth-order valence-electron chi connectivity index (χ4n) is 1.81. The average Bonchev–Trinajstić information content (AvgIpc) is 2.39. The predicted octanol–water partition coefficient (Wildman–Crippen LogP) is 2.05. The molecule has 1 aromatic carbocycles. The van der Waals surface area contributed by atoms with Crippen LogP contribution in [-0.4, -0.2) is 35.7 Å². The lowest BCUT2D eigenvalue weighted by molar-refractivity contribution is 0.177. The molecule has 0 aliphatic heterocycles. The summed E-state index contributed by atoms with van der Waals surface area (Å²) in [5.74, 6) is -0.247. The van der Waals surface area contributed by atoms with Gasteiger partial charge >= 0.3 is 6.03 Å². The second-order valence-electron chi connectivity index (χ2n) is 4.45. The minimum absolute atomic E-state index is 0.0525. The van der Waals surface area contributed by atoms with Crippen LogP contribution in [-0.2, 0) is 6.54 Å². The van der Waals surface area contributed by atoms with Gasteiger partial charge in [0.05, 0.1) is 6.61 Å². The number of hydrogen-bond donors (Lipinski definition) is 2. The minimum Gasteiger partial charge on any atom is -0.395 e. The van der Waals surface area contributed by atoms with Crippen molar-refractivity contribution in [2.75, 3.05) is 19.7 Å². The number of benzene rings is 1. The molecule has 4 nitrogen and oxygen atoms in total. The van der Waals surface area contributed by atoms with Gasteiger partial charge in [-0.3, -0.25) is 0 Å². The van der Waals surface area contributed by atoms with Gasteiger partial charge in [-0.2, -0.15) is 0 Å². The summed E-state index contributed by atoms with van der Waals surface area (Å²) < 4.78 is 13.1. The summed E-state index contributed by atoms with van der Waals surface area (Å²) >= 11 is 0. The molecule has 0 aromatic heterocycles. The van der Waals surface area contributed by atoms with Gasteiger partial charge in [0.25, 0.3) is 0 Å². The van der Waals surface area contributed by atoms with E-state index in [-0.39, 0.29) is 18.5 Å². The van der Waals surface area contributed by atoms with E-state index in [1.165, 1.54) is 6.07 Å². The second kappa shape index (κ2) is 7.74. The minimum atomic E-state index is -0.247. The third kappa shape index (κ3) is 4.87. The first kappa shape index (κ1) is 15.4. The summed E-state index contributed by atoms with van der Waals surface area (Å²) in [5.41, 5.74) is 1.42. The van der Waals surface area contributed by atoms with Gasteiger partial charge in [0, 0.05) is 19.6 Å². The van der Waals surface area contributed by atoms with Gasteiger partial charge < -0.3 is 15.3 Å². The maximum atomic E-state index is 13.1. The third-order valence-corrected chi connectivity index (χ3v) is 2.82. The van der Waals surface area contributed by atoms with Crippen molar-refractivity contribution in [2.24, 2.45) is 0 Å². The molecular weight excluding hydrogens is 247 g/mol. The van der Waals surface area contributed by atoms with Crippen molar-refractivity contribution in [2.45, 2.75) is 26.8 Å². The molecule has 5 heteroatoms. The Bertz CT molecular complexity index is 418. The van der Waals surface area contributed by atoms with Crippen molar-refractivity contribution >= 4 is 6.03 Å². The van der Waals surface area contributed by atoms with Gasteiger partial charge in [0.15, 0.2) is 0 Å². The third-order valence-electron chi connectivity index (χ3n) is 2.82. The van der Waals surface area contributed by atoms with Gasteiger partial charge in [-0.25, -0.2) is 9.18 Å². The number of rotatable bonds is 6. The molecule has 0 saturated heterocycles. The largest absolute Gasteiger partial charge is 0.395 e. The van der Waals surface area contributed by atoms with E-state index in [2.05, 4.69) is 5.32 Å². The fourth-order valence-corrected chi connectivity index (χ4v) is 1.81. The summed E-state index contributed by atoms with van der Waals surface area (Å²) in [6, 6.07) is 4.55. The number of hydrogen-bond acceptors (Lipinski definition) is 2. The van der Waals surface area contributed by atoms with Gasteiger partial charge in [0.1, 0.15) is 5.82 Å². The van der Waals surface area contributed by atoms with Crippen LogP contribution in [0.25, 0.3) is 0 Å². The van der Waals surface area contributed by atoms with Crippen LogP contribution in [0.2, 0.25) is 0 Å². The first-order chi connectivity index (χ1) is 9.08. The number of halogens is 1. The van der Waals surface area contributed by atoms with Gasteiger partial charge in [-0.1, -0.05) is 19.1 Å². The zero-order valence-electron chi connectivity index (χ0n) is 11.4. The average molecular weight is 268 g/mol. The molecule has 0 atom stereocenters. The molecule has 0 spiro atoms. The van der Waals surface area contributed by atoms with Crippen molar-refractivity contribution in [1.82, 2.24) is 10.2 Å². The lowest BCUT2D eigenvalue weighted by Crippen LogP contribution is -2.41. The highest BCUT2D eigenvalue weighted by molar-refractivity contribution is 5.74. The van der Waals surface area contributed by atoms with E-state index in [0.29, 0.717) is 25.2 Å². The molecule has 1 rings (SSSR count). The Morgan fingerprint density at radius 2 is 2.16 bits per heavy atom. The van der Waals surface area contributed by atoms with E-state index >= 15 is 0 Å². The highest BCUT2D eigenvalue weighted by Gasteiger charge is 2.11. The predicted molar refractivity (Wildman–Crippen MR) is 72.3 cm³/mol. The van der Waals surface area contributed by atoms with Crippen LogP contribution in [0.1, 0.15) is 24.5 Å². The first-order valence-electron chi connectivity index (χ1n) is 6.47. The molecule has 0 aliphatic rings. The molecule has 2 N–H and O–H groups in total.